The second kappa shape index (κ2) is 5.89. The molecule has 24 heavy (non-hydrogen) atoms. The van der Waals surface area contributed by atoms with Crippen LogP contribution in [-0.4, -0.2) is 54.0 Å². The van der Waals surface area contributed by atoms with Crippen LogP contribution in [0.1, 0.15) is 64.2 Å². The molecule has 6 heteroatoms. The van der Waals surface area contributed by atoms with E-state index in [1.807, 2.05) is 0 Å². The maximum atomic E-state index is 10.3. The molecule has 5 aliphatic rings. The van der Waals surface area contributed by atoms with Crippen LogP contribution in [0.25, 0.3) is 0 Å². The molecule has 136 valence electrons. The molecule has 0 bridgehead atoms. The normalized spacial score (nSPS) is 46.6. The summed E-state index contributed by atoms with van der Waals surface area (Å²) in [5.74, 6) is -0.949. The zero-order valence-electron chi connectivity index (χ0n) is 14.2. The molecule has 0 aromatic heterocycles. The molecule has 5 atom stereocenters. The van der Waals surface area contributed by atoms with Gasteiger partial charge in [0, 0.05) is 25.7 Å². The second-order valence-corrected chi connectivity index (χ2v) is 8.07. The highest BCUT2D eigenvalue weighted by Crippen LogP contribution is 2.48. The minimum Gasteiger partial charge on any atom is -0.366 e. The molecule has 5 fully saturated rings. The molecule has 3 saturated heterocycles. The molecule has 2 spiro atoms. The van der Waals surface area contributed by atoms with Gasteiger partial charge in [-0.05, 0) is 25.7 Å². The first-order valence-corrected chi connectivity index (χ1v) is 9.70. The Hall–Kier alpha value is -0.240. The minimum atomic E-state index is -0.937. The van der Waals surface area contributed by atoms with Gasteiger partial charge in [0.1, 0.15) is 24.4 Å². The number of aliphatic hydroxyl groups is 1. The number of ether oxygens (including phenoxy) is 5. The fraction of sp³-hybridized carbons (Fsp3) is 1.00. The summed E-state index contributed by atoms with van der Waals surface area (Å²) in [6.45, 7) is 0.511. The van der Waals surface area contributed by atoms with Crippen LogP contribution in [0.2, 0.25) is 0 Å². The number of hydrogen-bond acceptors (Lipinski definition) is 6. The van der Waals surface area contributed by atoms with Gasteiger partial charge in [-0.15, -0.1) is 0 Å². The van der Waals surface area contributed by atoms with Gasteiger partial charge in [0.25, 0.3) is 0 Å². The third-order valence-corrected chi connectivity index (χ3v) is 6.40. The highest BCUT2D eigenvalue weighted by Gasteiger charge is 2.61. The molecule has 0 amide bonds. The van der Waals surface area contributed by atoms with Gasteiger partial charge >= 0.3 is 0 Å². The highest BCUT2D eigenvalue weighted by atomic mass is 16.8. The summed E-state index contributed by atoms with van der Waals surface area (Å²) in [7, 11) is 0. The van der Waals surface area contributed by atoms with E-state index in [1.165, 1.54) is 12.8 Å². The van der Waals surface area contributed by atoms with Gasteiger partial charge in [-0.2, -0.15) is 0 Å². The summed E-state index contributed by atoms with van der Waals surface area (Å²) >= 11 is 0. The maximum Gasteiger partial charge on any atom is 0.184 e. The lowest BCUT2D eigenvalue weighted by molar-refractivity contribution is -0.260. The lowest BCUT2D eigenvalue weighted by Crippen LogP contribution is -2.43. The van der Waals surface area contributed by atoms with Gasteiger partial charge in [0.15, 0.2) is 17.9 Å². The molecule has 5 rings (SSSR count). The Kier molecular flexibility index (Phi) is 3.92. The molecular formula is C18H28O6. The summed E-state index contributed by atoms with van der Waals surface area (Å²) in [5, 5.41) is 10.3. The van der Waals surface area contributed by atoms with Crippen molar-refractivity contribution in [3.63, 3.8) is 0 Å². The Morgan fingerprint density at radius 1 is 0.667 bits per heavy atom. The van der Waals surface area contributed by atoms with Gasteiger partial charge in [0.05, 0.1) is 6.61 Å². The van der Waals surface area contributed by atoms with Crippen LogP contribution in [-0.2, 0) is 23.7 Å². The van der Waals surface area contributed by atoms with Gasteiger partial charge in [-0.1, -0.05) is 12.8 Å². The molecule has 2 aliphatic carbocycles. The molecule has 1 N–H and O–H groups in total. The fourth-order valence-electron chi connectivity index (χ4n) is 5.17. The standard InChI is InChI=1S/C18H28O6/c19-16-15-14(23-18(24-15)9-5-2-6-10-18)13(21-16)12-11-20-17(22-12)7-3-1-4-8-17/h12-16,19H,1-11H2/t12-,13-,14+,15+,16?/m0/s1. The molecule has 2 saturated carbocycles. The monoisotopic (exact) mass is 340 g/mol. The van der Waals surface area contributed by atoms with E-state index < -0.39 is 24.0 Å². The second-order valence-electron chi connectivity index (χ2n) is 8.07. The summed E-state index contributed by atoms with van der Waals surface area (Å²) in [6, 6.07) is 0. The first-order chi connectivity index (χ1) is 11.7. The van der Waals surface area contributed by atoms with Crippen LogP contribution in [0.4, 0.5) is 0 Å². The summed E-state index contributed by atoms with van der Waals surface area (Å²) < 4.78 is 30.6. The first-order valence-electron chi connectivity index (χ1n) is 9.70. The van der Waals surface area contributed by atoms with Crippen molar-refractivity contribution in [3.8, 4) is 0 Å². The van der Waals surface area contributed by atoms with E-state index in [4.69, 9.17) is 23.7 Å². The van der Waals surface area contributed by atoms with Crippen molar-refractivity contribution >= 4 is 0 Å². The van der Waals surface area contributed by atoms with Crippen LogP contribution in [0.3, 0.4) is 0 Å². The number of hydrogen-bond donors (Lipinski definition) is 1. The number of rotatable bonds is 1. The van der Waals surface area contributed by atoms with Gasteiger partial charge in [-0.3, -0.25) is 0 Å². The molecule has 6 nitrogen and oxygen atoms in total. The van der Waals surface area contributed by atoms with E-state index in [0.29, 0.717) is 6.61 Å². The number of aliphatic hydroxyl groups excluding tert-OH is 1. The Balaban J connectivity index is 1.30. The van der Waals surface area contributed by atoms with Crippen LogP contribution in [0, 0.1) is 0 Å². The van der Waals surface area contributed by atoms with E-state index in [9.17, 15) is 5.11 Å². The highest BCUT2D eigenvalue weighted by molar-refractivity contribution is 5.01. The van der Waals surface area contributed by atoms with E-state index in [0.717, 1.165) is 51.4 Å². The molecule has 3 heterocycles. The van der Waals surface area contributed by atoms with Crippen LogP contribution in [0.5, 0.6) is 0 Å². The van der Waals surface area contributed by atoms with Crippen molar-refractivity contribution in [3.05, 3.63) is 0 Å². The Labute approximate surface area is 142 Å². The minimum absolute atomic E-state index is 0.185. The number of fused-ring (bicyclic) bond motifs is 1. The van der Waals surface area contributed by atoms with Crippen molar-refractivity contribution in [1.29, 1.82) is 0 Å². The molecule has 1 unspecified atom stereocenters. The lowest BCUT2D eigenvalue weighted by atomic mass is 9.94. The largest absolute Gasteiger partial charge is 0.366 e. The molecule has 0 aromatic carbocycles. The fourth-order valence-corrected chi connectivity index (χ4v) is 5.17. The molecule has 0 aromatic rings. The average molecular weight is 340 g/mol. The van der Waals surface area contributed by atoms with Crippen LogP contribution >= 0.6 is 0 Å². The average Bonchev–Trinajstić information content (AvgIpc) is 3.24. The van der Waals surface area contributed by atoms with Gasteiger partial charge < -0.3 is 28.8 Å². The van der Waals surface area contributed by atoms with Crippen molar-refractivity contribution in [2.24, 2.45) is 0 Å². The quantitative estimate of drug-likeness (QED) is 0.789. The van der Waals surface area contributed by atoms with E-state index in [2.05, 4.69) is 0 Å². The van der Waals surface area contributed by atoms with E-state index >= 15 is 0 Å². The van der Waals surface area contributed by atoms with Crippen LogP contribution < -0.4 is 0 Å². The molecule has 0 radical (unpaired) electrons. The lowest BCUT2D eigenvalue weighted by Gasteiger charge is -2.35. The van der Waals surface area contributed by atoms with Gasteiger partial charge in [0.2, 0.25) is 0 Å². The van der Waals surface area contributed by atoms with Crippen molar-refractivity contribution < 1.29 is 28.8 Å². The zero-order valence-corrected chi connectivity index (χ0v) is 14.2. The predicted octanol–water partition coefficient (Wildman–Crippen LogP) is 2.22. The summed E-state index contributed by atoms with van der Waals surface area (Å²) in [6.07, 6.45) is 8.64. The van der Waals surface area contributed by atoms with Gasteiger partial charge in [-0.25, -0.2) is 0 Å². The Bertz CT molecular complexity index is 470. The van der Waals surface area contributed by atoms with E-state index in [-0.39, 0.29) is 18.3 Å². The third kappa shape index (κ3) is 2.54. The molecular weight excluding hydrogens is 312 g/mol. The summed E-state index contributed by atoms with van der Waals surface area (Å²) in [5.41, 5.74) is 0. The smallest absolute Gasteiger partial charge is 0.184 e. The van der Waals surface area contributed by atoms with E-state index in [1.54, 1.807) is 0 Å². The maximum absolute atomic E-state index is 10.3. The predicted molar refractivity (Wildman–Crippen MR) is 83.1 cm³/mol. The SMILES string of the molecule is OC1O[C@@H]([C@@H]2COC3(CCCCC3)O2)[C@H]2OC3(CCCCC3)O[C@@H]12. The molecule has 3 aliphatic heterocycles. The topological polar surface area (TPSA) is 66.4 Å². The Morgan fingerprint density at radius 2 is 1.29 bits per heavy atom. The Morgan fingerprint density at radius 3 is 2.00 bits per heavy atom. The summed E-state index contributed by atoms with van der Waals surface area (Å²) in [4.78, 5) is 0. The first kappa shape index (κ1) is 16.0. The third-order valence-electron chi connectivity index (χ3n) is 6.40. The van der Waals surface area contributed by atoms with Crippen molar-refractivity contribution in [2.75, 3.05) is 6.61 Å². The zero-order chi connectivity index (χ0) is 16.2. The van der Waals surface area contributed by atoms with Crippen molar-refractivity contribution in [1.82, 2.24) is 0 Å². The van der Waals surface area contributed by atoms with Crippen LogP contribution in [0.15, 0.2) is 0 Å². The van der Waals surface area contributed by atoms with Crippen molar-refractivity contribution in [2.45, 2.75) is 106 Å².